The first-order valence-corrected chi connectivity index (χ1v) is 7.12. The van der Waals surface area contributed by atoms with Gasteiger partial charge in [0.25, 0.3) is 0 Å². The smallest absolute Gasteiger partial charge is 0.126 e. The highest BCUT2D eigenvalue weighted by molar-refractivity contribution is 5.47. The van der Waals surface area contributed by atoms with Crippen molar-refractivity contribution in [3.8, 4) is 5.75 Å². The van der Waals surface area contributed by atoms with Crippen LogP contribution in [0.2, 0.25) is 0 Å². The number of rotatable bonds is 5. The van der Waals surface area contributed by atoms with Gasteiger partial charge in [-0.3, -0.25) is 0 Å². The molecule has 2 aromatic carbocycles. The minimum absolute atomic E-state index is 0.0843. The summed E-state index contributed by atoms with van der Waals surface area (Å²) >= 11 is 0. The van der Waals surface area contributed by atoms with Crippen molar-refractivity contribution in [1.82, 2.24) is 5.32 Å². The molecule has 1 N–H and O–H groups in total. The van der Waals surface area contributed by atoms with E-state index >= 15 is 0 Å². The van der Waals surface area contributed by atoms with Crippen molar-refractivity contribution in [1.29, 1.82) is 0 Å². The first-order chi connectivity index (χ1) is 10.1. The summed E-state index contributed by atoms with van der Waals surface area (Å²) in [6, 6.07) is 11.0. The zero-order valence-electron chi connectivity index (χ0n) is 13.0. The molecule has 0 aliphatic carbocycles. The lowest BCUT2D eigenvalue weighted by molar-refractivity contribution is 0.397. The van der Waals surface area contributed by atoms with E-state index in [0.29, 0.717) is 6.42 Å². The maximum atomic E-state index is 13.3. The van der Waals surface area contributed by atoms with E-state index in [1.165, 1.54) is 11.6 Å². The summed E-state index contributed by atoms with van der Waals surface area (Å²) < 4.78 is 18.9. The molecule has 0 bridgehead atoms. The van der Waals surface area contributed by atoms with Crippen LogP contribution in [0.1, 0.15) is 28.3 Å². The number of aryl methyl sites for hydroxylation is 1. The minimum Gasteiger partial charge on any atom is -0.496 e. The Morgan fingerprint density at radius 2 is 1.95 bits per heavy atom. The van der Waals surface area contributed by atoms with Gasteiger partial charge in [-0.25, -0.2) is 4.39 Å². The van der Waals surface area contributed by atoms with Crippen molar-refractivity contribution in [3.05, 3.63) is 64.5 Å². The Kier molecular flexibility index (Phi) is 4.97. The number of halogens is 1. The van der Waals surface area contributed by atoms with Gasteiger partial charge in [0.05, 0.1) is 7.11 Å². The Labute approximate surface area is 126 Å². The molecule has 112 valence electrons. The fraction of sp³-hybridized carbons (Fsp3) is 0.333. The van der Waals surface area contributed by atoms with Crippen molar-refractivity contribution in [3.63, 3.8) is 0 Å². The van der Waals surface area contributed by atoms with Gasteiger partial charge in [0, 0.05) is 11.6 Å². The maximum Gasteiger partial charge on any atom is 0.126 e. The van der Waals surface area contributed by atoms with Gasteiger partial charge >= 0.3 is 0 Å². The molecule has 0 saturated carbocycles. The molecule has 2 aromatic rings. The van der Waals surface area contributed by atoms with Gasteiger partial charge in [-0.1, -0.05) is 24.3 Å². The lowest BCUT2D eigenvalue weighted by atomic mass is 9.94. The summed E-state index contributed by atoms with van der Waals surface area (Å²) in [6.45, 7) is 4.13. The lowest BCUT2D eigenvalue weighted by Gasteiger charge is -2.22. The second-order valence-corrected chi connectivity index (χ2v) is 5.31. The van der Waals surface area contributed by atoms with Crippen molar-refractivity contribution >= 4 is 0 Å². The summed E-state index contributed by atoms with van der Waals surface area (Å²) in [5, 5.41) is 3.31. The van der Waals surface area contributed by atoms with Crippen LogP contribution in [0.5, 0.6) is 5.75 Å². The van der Waals surface area contributed by atoms with Gasteiger partial charge in [0.1, 0.15) is 11.6 Å². The molecule has 1 unspecified atom stereocenters. The zero-order chi connectivity index (χ0) is 15.4. The molecule has 0 saturated heterocycles. The topological polar surface area (TPSA) is 21.3 Å². The SMILES string of the molecule is CNC(Cc1cccc(F)c1)c1ccc(C)c(C)c1OC. The van der Waals surface area contributed by atoms with Crippen molar-refractivity contribution in [2.24, 2.45) is 0 Å². The molecule has 0 amide bonds. The van der Waals surface area contributed by atoms with Gasteiger partial charge < -0.3 is 10.1 Å². The Balaban J connectivity index is 2.36. The normalized spacial score (nSPS) is 12.2. The number of likely N-dealkylation sites (N-methyl/N-ethyl adjacent to an activating group) is 1. The molecule has 1 atom stereocenters. The first kappa shape index (κ1) is 15.5. The van der Waals surface area contributed by atoms with Crippen LogP contribution in [0.25, 0.3) is 0 Å². The number of methoxy groups -OCH3 is 1. The second-order valence-electron chi connectivity index (χ2n) is 5.31. The van der Waals surface area contributed by atoms with Crippen LogP contribution in [0.4, 0.5) is 4.39 Å². The zero-order valence-corrected chi connectivity index (χ0v) is 13.0. The van der Waals surface area contributed by atoms with Crippen molar-refractivity contribution in [2.45, 2.75) is 26.3 Å². The summed E-state index contributed by atoms with van der Waals surface area (Å²) in [7, 11) is 3.61. The van der Waals surface area contributed by atoms with Gasteiger partial charge in [-0.05, 0) is 56.1 Å². The van der Waals surface area contributed by atoms with Crippen LogP contribution in [0.3, 0.4) is 0 Å². The minimum atomic E-state index is -0.200. The van der Waals surface area contributed by atoms with Gasteiger partial charge in [0.15, 0.2) is 0 Å². The van der Waals surface area contributed by atoms with Crippen LogP contribution in [0.15, 0.2) is 36.4 Å². The predicted octanol–water partition coefficient (Wildman–Crippen LogP) is 3.95. The highest BCUT2D eigenvalue weighted by Crippen LogP contribution is 2.32. The molecule has 0 aromatic heterocycles. The highest BCUT2D eigenvalue weighted by Gasteiger charge is 2.17. The van der Waals surface area contributed by atoms with E-state index < -0.39 is 0 Å². The molecule has 0 heterocycles. The van der Waals surface area contributed by atoms with Gasteiger partial charge in [-0.2, -0.15) is 0 Å². The maximum absolute atomic E-state index is 13.3. The largest absolute Gasteiger partial charge is 0.496 e. The van der Waals surface area contributed by atoms with Crippen LogP contribution < -0.4 is 10.1 Å². The van der Waals surface area contributed by atoms with E-state index in [1.54, 1.807) is 19.2 Å². The fourth-order valence-electron chi connectivity index (χ4n) is 2.62. The summed E-state index contributed by atoms with van der Waals surface area (Å²) in [5.41, 5.74) is 4.42. The number of benzene rings is 2. The van der Waals surface area contributed by atoms with E-state index in [9.17, 15) is 4.39 Å². The number of hydrogen-bond donors (Lipinski definition) is 1. The predicted molar refractivity (Wildman–Crippen MR) is 84.4 cm³/mol. The third-order valence-electron chi connectivity index (χ3n) is 3.96. The number of nitrogens with one attached hydrogen (secondary N) is 1. The quantitative estimate of drug-likeness (QED) is 0.899. The average Bonchev–Trinajstić information content (AvgIpc) is 2.48. The Bertz CT molecular complexity index is 625. The molecule has 21 heavy (non-hydrogen) atoms. The van der Waals surface area contributed by atoms with Gasteiger partial charge in [0.2, 0.25) is 0 Å². The standard InChI is InChI=1S/C18H22FNO/c1-12-8-9-16(18(21-4)13(12)2)17(20-3)11-14-6-5-7-15(19)10-14/h5-10,17,20H,11H2,1-4H3. The van der Waals surface area contributed by atoms with E-state index in [1.807, 2.05) is 13.1 Å². The molecule has 0 fully saturated rings. The molecule has 0 aliphatic rings. The number of hydrogen-bond acceptors (Lipinski definition) is 2. The molecule has 0 spiro atoms. The molecule has 0 aliphatic heterocycles. The third kappa shape index (κ3) is 3.42. The molecule has 2 rings (SSSR count). The Morgan fingerprint density at radius 3 is 2.57 bits per heavy atom. The monoisotopic (exact) mass is 287 g/mol. The summed E-state index contributed by atoms with van der Waals surface area (Å²) in [6.07, 6.45) is 0.715. The Hall–Kier alpha value is -1.87. The van der Waals surface area contributed by atoms with Crippen LogP contribution in [-0.2, 0) is 6.42 Å². The molecular weight excluding hydrogens is 265 g/mol. The highest BCUT2D eigenvalue weighted by atomic mass is 19.1. The third-order valence-corrected chi connectivity index (χ3v) is 3.96. The van der Waals surface area contributed by atoms with E-state index in [-0.39, 0.29) is 11.9 Å². The first-order valence-electron chi connectivity index (χ1n) is 7.12. The van der Waals surface area contributed by atoms with E-state index in [4.69, 9.17) is 4.74 Å². The number of ether oxygens (including phenoxy) is 1. The molecule has 0 radical (unpaired) electrons. The van der Waals surface area contributed by atoms with Gasteiger partial charge in [-0.15, -0.1) is 0 Å². The fourth-order valence-corrected chi connectivity index (χ4v) is 2.62. The summed E-state index contributed by atoms with van der Waals surface area (Å²) in [5.74, 6) is 0.708. The lowest BCUT2D eigenvalue weighted by Crippen LogP contribution is -2.20. The van der Waals surface area contributed by atoms with Crippen LogP contribution in [-0.4, -0.2) is 14.2 Å². The molecule has 2 nitrogen and oxygen atoms in total. The second kappa shape index (κ2) is 6.72. The molecule has 3 heteroatoms. The molecular formula is C18H22FNO. The summed E-state index contributed by atoms with van der Waals surface area (Å²) in [4.78, 5) is 0. The Morgan fingerprint density at radius 1 is 1.19 bits per heavy atom. The van der Waals surface area contributed by atoms with E-state index in [0.717, 1.165) is 22.4 Å². The average molecular weight is 287 g/mol. The van der Waals surface area contributed by atoms with Crippen LogP contribution in [0, 0.1) is 19.7 Å². The van der Waals surface area contributed by atoms with Crippen molar-refractivity contribution < 1.29 is 9.13 Å². The van der Waals surface area contributed by atoms with Crippen LogP contribution >= 0.6 is 0 Å². The van der Waals surface area contributed by atoms with E-state index in [2.05, 4.69) is 31.3 Å². The van der Waals surface area contributed by atoms with Crippen molar-refractivity contribution in [2.75, 3.05) is 14.2 Å².